The molecule has 2 aromatic carbocycles. The van der Waals surface area contributed by atoms with E-state index < -0.39 is 5.41 Å². The zero-order chi connectivity index (χ0) is 18.7. The van der Waals surface area contributed by atoms with Gasteiger partial charge in [0.2, 0.25) is 11.8 Å². The molecule has 0 N–H and O–H groups in total. The van der Waals surface area contributed by atoms with Crippen LogP contribution in [0.25, 0.3) is 0 Å². The van der Waals surface area contributed by atoms with Gasteiger partial charge < -0.3 is 9.80 Å². The number of hydrogen-bond donors (Lipinski definition) is 0. The molecule has 4 nitrogen and oxygen atoms in total. The molecule has 26 heavy (non-hydrogen) atoms. The van der Waals surface area contributed by atoms with Gasteiger partial charge in [0.15, 0.2) is 0 Å². The summed E-state index contributed by atoms with van der Waals surface area (Å²) in [6.45, 7) is 7.17. The molecule has 0 atom stereocenters. The summed E-state index contributed by atoms with van der Waals surface area (Å²) in [5, 5.41) is 0. The van der Waals surface area contributed by atoms with Gasteiger partial charge in [-0.2, -0.15) is 0 Å². The average Bonchev–Trinajstić information content (AvgIpc) is 2.68. The highest BCUT2D eigenvalue weighted by Crippen LogP contribution is 2.29. The first kappa shape index (κ1) is 18.2. The molecule has 3 rings (SSSR count). The number of rotatable bonds is 4. The van der Waals surface area contributed by atoms with E-state index >= 15 is 0 Å². The molecule has 136 valence electrons. The molecule has 0 bridgehead atoms. The van der Waals surface area contributed by atoms with Crippen LogP contribution in [0.4, 0.5) is 5.69 Å². The number of anilines is 1. The molecule has 0 fully saturated rings. The van der Waals surface area contributed by atoms with E-state index in [0.717, 1.165) is 12.1 Å². The van der Waals surface area contributed by atoms with Crippen LogP contribution in [0.15, 0.2) is 54.6 Å². The van der Waals surface area contributed by atoms with Crippen molar-refractivity contribution in [3.05, 3.63) is 65.7 Å². The summed E-state index contributed by atoms with van der Waals surface area (Å²) in [6.07, 6.45) is 0.836. The van der Waals surface area contributed by atoms with Gasteiger partial charge in [0.05, 0.1) is 0 Å². The maximum Gasteiger partial charge on any atom is 0.242 e. The zero-order valence-corrected chi connectivity index (χ0v) is 15.7. The minimum Gasteiger partial charge on any atom is -0.337 e. The van der Waals surface area contributed by atoms with Crippen LogP contribution in [0.2, 0.25) is 0 Å². The lowest BCUT2D eigenvalue weighted by atomic mass is 9.87. The Morgan fingerprint density at radius 1 is 1.00 bits per heavy atom. The van der Waals surface area contributed by atoms with Gasteiger partial charge in [-0.15, -0.1) is 0 Å². The van der Waals surface area contributed by atoms with Crippen LogP contribution in [0.5, 0.6) is 0 Å². The van der Waals surface area contributed by atoms with Crippen LogP contribution >= 0.6 is 0 Å². The molecule has 1 aliphatic rings. The first-order valence-corrected chi connectivity index (χ1v) is 9.18. The summed E-state index contributed by atoms with van der Waals surface area (Å²) in [4.78, 5) is 29.9. The number of amides is 2. The number of para-hydroxylation sites is 1. The lowest BCUT2D eigenvalue weighted by Crippen LogP contribution is -2.52. The van der Waals surface area contributed by atoms with Crippen LogP contribution in [-0.2, 0) is 22.6 Å². The van der Waals surface area contributed by atoms with Crippen molar-refractivity contribution < 1.29 is 9.59 Å². The van der Waals surface area contributed by atoms with Gasteiger partial charge in [-0.25, -0.2) is 0 Å². The van der Waals surface area contributed by atoms with Crippen molar-refractivity contribution in [1.82, 2.24) is 4.90 Å². The first-order chi connectivity index (χ1) is 12.4. The summed E-state index contributed by atoms with van der Waals surface area (Å²) in [5.41, 5.74) is 2.19. The van der Waals surface area contributed by atoms with Crippen molar-refractivity contribution in [3.63, 3.8) is 0 Å². The van der Waals surface area contributed by atoms with E-state index in [-0.39, 0.29) is 11.8 Å². The molecule has 0 radical (unpaired) electrons. The van der Waals surface area contributed by atoms with Gasteiger partial charge in [-0.1, -0.05) is 42.5 Å². The molecular formula is C22H26N2O2. The van der Waals surface area contributed by atoms with E-state index in [4.69, 9.17) is 0 Å². The fourth-order valence-electron chi connectivity index (χ4n) is 3.54. The summed E-state index contributed by atoms with van der Waals surface area (Å²) in [5.74, 6) is -0.263. The van der Waals surface area contributed by atoms with Crippen molar-refractivity contribution in [2.24, 2.45) is 5.41 Å². The van der Waals surface area contributed by atoms with Crippen LogP contribution in [0.3, 0.4) is 0 Å². The summed E-state index contributed by atoms with van der Waals surface area (Å²) in [7, 11) is 0. The van der Waals surface area contributed by atoms with E-state index in [1.54, 1.807) is 18.7 Å². The van der Waals surface area contributed by atoms with Gasteiger partial charge in [0, 0.05) is 25.3 Å². The maximum absolute atomic E-state index is 13.2. The van der Waals surface area contributed by atoms with Gasteiger partial charge in [-0.3, -0.25) is 9.59 Å². The highest BCUT2D eigenvalue weighted by Gasteiger charge is 2.42. The number of hydrogen-bond acceptors (Lipinski definition) is 2. The number of carbonyl (C=O) groups excluding carboxylic acids is 2. The fourth-order valence-corrected chi connectivity index (χ4v) is 3.54. The molecule has 1 aliphatic heterocycles. The smallest absolute Gasteiger partial charge is 0.242 e. The molecule has 2 aromatic rings. The Kier molecular flexibility index (Phi) is 5.12. The summed E-state index contributed by atoms with van der Waals surface area (Å²) < 4.78 is 0. The Morgan fingerprint density at radius 3 is 2.27 bits per heavy atom. The van der Waals surface area contributed by atoms with Crippen LogP contribution < -0.4 is 4.90 Å². The third kappa shape index (κ3) is 3.36. The standard InChI is InChI=1S/C22H26N2O2/c1-4-24(19-12-6-5-7-13-19)21(26)22(2,3)20(25)23-15-14-17-10-8-9-11-18(17)16-23/h5-13H,4,14-16H2,1-3H3. The molecular weight excluding hydrogens is 324 g/mol. The quantitative estimate of drug-likeness (QED) is 0.790. The Labute approximate surface area is 155 Å². The highest BCUT2D eigenvalue weighted by atomic mass is 16.2. The molecule has 2 amide bonds. The minimum absolute atomic E-state index is 0.105. The molecule has 0 spiro atoms. The lowest BCUT2D eigenvalue weighted by molar-refractivity contribution is -0.148. The normalized spacial score (nSPS) is 13.9. The molecule has 0 aromatic heterocycles. The third-order valence-electron chi connectivity index (χ3n) is 5.12. The molecule has 0 aliphatic carbocycles. The number of carbonyl (C=O) groups is 2. The zero-order valence-electron chi connectivity index (χ0n) is 15.7. The molecule has 1 heterocycles. The van der Waals surface area contributed by atoms with Crippen molar-refractivity contribution in [1.29, 1.82) is 0 Å². The highest BCUT2D eigenvalue weighted by molar-refractivity contribution is 6.11. The fraction of sp³-hybridized carbons (Fsp3) is 0.364. The molecule has 0 unspecified atom stereocenters. The summed E-state index contributed by atoms with van der Waals surface area (Å²) in [6, 6.07) is 17.7. The van der Waals surface area contributed by atoms with Crippen molar-refractivity contribution in [3.8, 4) is 0 Å². The second kappa shape index (κ2) is 7.32. The maximum atomic E-state index is 13.2. The SMILES string of the molecule is CCN(C(=O)C(C)(C)C(=O)N1CCc2ccccc2C1)c1ccccc1. The van der Waals surface area contributed by atoms with Gasteiger partial charge in [0.1, 0.15) is 5.41 Å². The number of nitrogens with zero attached hydrogens (tertiary/aromatic N) is 2. The van der Waals surface area contributed by atoms with E-state index in [1.807, 2.05) is 54.3 Å². The number of fused-ring (bicyclic) bond motifs is 1. The van der Waals surface area contributed by atoms with E-state index in [0.29, 0.717) is 19.6 Å². The summed E-state index contributed by atoms with van der Waals surface area (Å²) >= 11 is 0. The molecule has 0 saturated heterocycles. The predicted molar refractivity (Wildman–Crippen MR) is 104 cm³/mol. The Balaban J connectivity index is 1.80. The average molecular weight is 350 g/mol. The predicted octanol–water partition coefficient (Wildman–Crippen LogP) is 3.65. The third-order valence-corrected chi connectivity index (χ3v) is 5.12. The van der Waals surface area contributed by atoms with Crippen LogP contribution in [0, 0.1) is 5.41 Å². The van der Waals surface area contributed by atoms with Crippen molar-refractivity contribution in [2.45, 2.75) is 33.7 Å². The van der Waals surface area contributed by atoms with Gasteiger partial charge in [0.25, 0.3) is 0 Å². The number of benzene rings is 2. The van der Waals surface area contributed by atoms with E-state index in [2.05, 4.69) is 12.1 Å². The second-order valence-electron chi connectivity index (χ2n) is 7.26. The van der Waals surface area contributed by atoms with Crippen molar-refractivity contribution in [2.75, 3.05) is 18.0 Å². The topological polar surface area (TPSA) is 40.6 Å². The molecule has 0 saturated carbocycles. The lowest BCUT2D eigenvalue weighted by Gasteiger charge is -2.37. The monoisotopic (exact) mass is 350 g/mol. The van der Waals surface area contributed by atoms with Gasteiger partial charge in [-0.05, 0) is 50.5 Å². The van der Waals surface area contributed by atoms with E-state index in [9.17, 15) is 9.59 Å². The minimum atomic E-state index is -1.10. The Hall–Kier alpha value is -2.62. The molecule has 4 heteroatoms. The van der Waals surface area contributed by atoms with Gasteiger partial charge >= 0.3 is 0 Å². The largest absolute Gasteiger partial charge is 0.337 e. The first-order valence-electron chi connectivity index (χ1n) is 9.18. The Morgan fingerprint density at radius 2 is 1.62 bits per heavy atom. The van der Waals surface area contributed by atoms with Crippen LogP contribution in [-0.4, -0.2) is 29.8 Å². The Bertz CT molecular complexity index is 799. The van der Waals surface area contributed by atoms with E-state index in [1.165, 1.54) is 11.1 Å². The van der Waals surface area contributed by atoms with Crippen molar-refractivity contribution >= 4 is 17.5 Å². The second-order valence-corrected chi connectivity index (χ2v) is 7.26. The van der Waals surface area contributed by atoms with Crippen LogP contribution in [0.1, 0.15) is 31.9 Å².